The maximum absolute atomic E-state index is 11.0. The molecule has 1 amide bonds. The summed E-state index contributed by atoms with van der Waals surface area (Å²) in [6, 6.07) is 6.86. The quantitative estimate of drug-likeness (QED) is 0.463. The lowest BCUT2D eigenvalue weighted by Gasteiger charge is -2.15. The number of nitrogens with zero attached hydrogens (tertiary/aromatic N) is 1. The molecule has 1 heterocycles. The van der Waals surface area contributed by atoms with Crippen molar-refractivity contribution in [3.63, 3.8) is 0 Å². The number of amides is 1. The van der Waals surface area contributed by atoms with Crippen LogP contribution in [0.4, 0.5) is 5.69 Å². The molecule has 2 aromatic rings. The van der Waals surface area contributed by atoms with Crippen LogP contribution >= 0.6 is 0 Å². The number of carbonyl (C=O) groups excluding carboxylic acids is 1. The van der Waals surface area contributed by atoms with Gasteiger partial charge in [-0.1, -0.05) is 19.4 Å². The van der Waals surface area contributed by atoms with Crippen LogP contribution in [0.2, 0.25) is 0 Å². The molecule has 0 aliphatic carbocycles. The Morgan fingerprint density at radius 2 is 1.89 bits per heavy atom. The van der Waals surface area contributed by atoms with Gasteiger partial charge in [-0.3, -0.25) is 9.35 Å². The highest BCUT2D eigenvalue weighted by Crippen LogP contribution is 2.38. The Balaban J connectivity index is 0.000000696. The molecule has 0 spiro atoms. The van der Waals surface area contributed by atoms with E-state index < -0.39 is 16.0 Å². The number of ether oxygens (including phenoxy) is 2. The fourth-order valence-corrected chi connectivity index (χ4v) is 2.20. The third-order valence-electron chi connectivity index (χ3n) is 3.49. The van der Waals surface area contributed by atoms with Gasteiger partial charge in [-0.05, 0) is 30.5 Å². The van der Waals surface area contributed by atoms with Crippen molar-refractivity contribution in [1.29, 1.82) is 0 Å². The Bertz CT molecular complexity index is 890. The number of aryl methyl sites for hydroxylation is 1. The zero-order valence-electron chi connectivity index (χ0n) is 16.0. The maximum Gasteiger partial charge on any atom is 0.261 e. The van der Waals surface area contributed by atoms with E-state index in [0.29, 0.717) is 34.9 Å². The Labute approximate surface area is 164 Å². The number of anilines is 1. The van der Waals surface area contributed by atoms with Crippen LogP contribution in [0.5, 0.6) is 17.4 Å². The van der Waals surface area contributed by atoms with E-state index in [2.05, 4.69) is 11.9 Å². The second-order valence-electron chi connectivity index (χ2n) is 5.86. The van der Waals surface area contributed by atoms with Crippen molar-refractivity contribution >= 4 is 21.7 Å². The van der Waals surface area contributed by atoms with E-state index in [1.165, 1.54) is 6.20 Å². The van der Waals surface area contributed by atoms with Gasteiger partial charge < -0.3 is 20.9 Å². The van der Waals surface area contributed by atoms with Gasteiger partial charge in [-0.15, -0.1) is 0 Å². The van der Waals surface area contributed by atoms with E-state index in [-0.39, 0.29) is 0 Å². The van der Waals surface area contributed by atoms with Gasteiger partial charge in [0.05, 0.1) is 24.6 Å². The van der Waals surface area contributed by atoms with Crippen LogP contribution in [0.1, 0.15) is 35.7 Å². The fraction of sp³-hybridized carbons (Fsp3) is 0.333. The summed E-state index contributed by atoms with van der Waals surface area (Å²) < 4.78 is 37.0. The first-order valence-electron chi connectivity index (χ1n) is 8.38. The van der Waals surface area contributed by atoms with Crippen LogP contribution in [0.25, 0.3) is 0 Å². The van der Waals surface area contributed by atoms with Crippen LogP contribution in [0.15, 0.2) is 30.5 Å². The summed E-state index contributed by atoms with van der Waals surface area (Å²) in [6.45, 7) is 2.13. The van der Waals surface area contributed by atoms with Crippen LogP contribution in [-0.4, -0.2) is 37.2 Å². The molecule has 0 aliphatic heterocycles. The van der Waals surface area contributed by atoms with E-state index in [1.807, 2.05) is 12.1 Å². The van der Waals surface area contributed by atoms with Crippen LogP contribution in [-0.2, 0) is 16.5 Å². The summed E-state index contributed by atoms with van der Waals surface area (Å²) in [5, 5.41) is 0. The molecule has 0 saturated carbocycles. The predicted molar refractivity (Wildman–Crippen MR) is 106 cm³/mol. The van der Waals surface area contributed by atoms with Gasteiger partial charge in [0.25, 0.3) is 10.1 Å². The summed E-state index contributed by atoms with van der Waals surface area (Å²) in [4.78, 5) is 15.1. The molecule has 0 radical (unpaired) electrons. The molecule has 2 rings (SSSR count). The molecule has 0 saturated heterocycles. The Hall–Kier alpha value is -2.85. The SMILES string of the molecule is CCCCc1ccc(Oc2ccc(C(N)=O)cn2)c(OC)c1N.CS(=O)(=O)O. The minimum atomic E-state index is -3.67. The highest BCUT2D eigenvalue weighted by Gasteiger charge is 2.14. The van der Waals surface area contributed by atoms with Crippen molar-refractivity contribution in [3.05, 3.63) is 41.6 Å². The van der Waals surface area contributed by atoms with Crippen molar-refractivity contribution in [2.45, 2.75) is 26.2 Å². The first-order valence-corrected chi connectivity index (χ1v) is 10.2. The molecule has 28 heavy (non-hydrogen) atoms. The smallest absolute Gasteiger partial charge is 0.261 e. The van der Waals surface area contributed by atoms with E-state index in [0.717, 1.165) is 24.8 Å². The number of benzene rings is 1. The number of carbonyl (C=O) groups is 1. The fourth-order valence-electron chi connectivity index (χ4n) is 2.20. The zero-order valence-corrected chi connectivity index (χ0v) is 16.8. The number of rotatable bonds is 7. The number of pyridine rings is 1. The molecule has 154 valence electrons. The Morgan fingerprint density at radius 1 is 1.25 bits per heavy atom. The third-order valence-corrected chi connectivity index (χ3v) is 3.49. The molecule has 0 unspecified atom stereocenters. The second kappa shape index (κ2) is 10.5. The van der Waals surface area contributed by atoms with E-state index >= 15 is 0 Å². The van der Waals surface area contributed by atoms with Gasteiger partial charge >= 0.3 is 0 Å². The average molecular weight is 411 g/mol. The van der Waals surface area contributed by atoms with Crippen molar-refractivity contribution < 1.29 is 27.2 Å². The molecule has 1 aromatic heterocycles. The average Bonchev–Trinajstić information content (AvgIpc) is 2.60. The minimum absolute atomic E-state index is 0.318. The lowest BCUT2D eigenvalue weighted by Crippen LogP contribution is -2.11. The summed E-state index contributed by atoms with van der Waals surface area (Å²) >= 11 is 0. The van der Waals surface area contributed by atoms with Gasteiger partial charge in [0.2, 0.25) is 11.8 Å². The molecule has 0 fully saturated rings. The molecule has 9 nitrogen and oxygen atoms in total. The number of hydrogen-bond acceptors (Lipinski definition) is 7. The van der Waals surface area contributed by atoms with Crippen molar-refractivity contribution in [3.8, 4) is 17.4 Å². The lowest BCUT2D eigenvalue weighted by molar-refractivity contribution is 0.1000. The number of aromatic nitrogens is 1. The van der Waals surface area contributed by atoms with Gasteiger partial charge in [0, 0.05) is 12.3 Å². The van der Waals surface area contributed by atoms with Gasteiger partial charge in [-0.25, -0.2) is 4.98 Å². The number of methoxy groups -OCH3 is 1. The van der Waals surface area contributed by atoms with Crippen molar-refractivity contribution in [1.82, 2.24) is 4.98 Å². The standard InChI is InChI=1S/C17H21N3O3.CH4O3S/c1-3-4-5-11-6-8-13(16(22-2)15(11)18)23-14-9-7-12(10-20-14)17(19)21;1-5(2,3)4/h6-10H,3-5,18H2,1-2H3,(H2,19,21);1H3,(H,2,3,4). The lowest BCUT2D eigenvalue weighted by atomic mass is 10.1. The summed E-state index contributed by atoms with van der Waals surface area (Å²) in [7, 11) is -2.12. The minimum Gasteiger partial charge on any atom is -0.491 e. The topological polar surface area (TPSA) is 155 Å². The molecule has 5 N–H and O–H groups in total. The third kappa shape index (κ3) is 7.80. The van der Waals surface area contributed by atoms with Crippen LogP contribution in [0, 0.1) is 0 Å². The molecule has 0 atom stereocenters. The van der Waals surface area contributed by atoms with Gasteiger partial charge in [0.15, 0.2) is 11.5 Å². The summed E-state index contributed by atoms with van der Waals surface area (Å²) in [5.41, 5.74) is 13.3. The number of nitrogen functional groups attached to an aromatic ring is 1. The molecule has 0 aliphatic rings. The first-order chi connectivity index (χ1) is 13.1. The van der Waals surface area contributed by atoms with Crippen molar-refractivity contribution in [2.75, 3.05) is 19.1 Å². The molecular formula is C18H25N3O6S. The van der Waals surface area contributed by atoms with E-state index in [9.17, 15) is 13.2 Å². The zero-order chi connectivity index (χ0) is 21.3. The normalized spacial score (nSPS) is 10.6. The number of unbranched alkanes of at least 4 members (excludes halogenated alkanes) is 1. The number of primary amides is 1. The molecule has 10 heteroatoms. The van der Waals surface area contributed by atoms with E-state index in [1.54, 1.807) is 19.2 Å². The van der Waals surface area contributed by atoms with Gasteiger partial charge in [0.1, 0.15) is 0 Å². The Kier molecular flexibility index (Phi) is 8.68. The highest BCUT2D eigenvalue weighted by molar-refractivity contribution is 7.85. The summed E-state index contributed by atoms with van der Waals surface area (Å²) in [5.74, 6) is 0.754. The number of hydrogen-bond donors (Lipinski definition) is 3. The molecular weight excluding hydrogens is 386 g/mol. The van der Waals surface area contributed by atoms with Crippen molar-refractivity contribution in [2.24, 2.45) is 5.73 Å². The summed E-state index contributed by atoms with van der Waals surface area (Å²) in [6.07, 6.45) is 5.13. The highest BCUT2D eigenvalue weighted by atomic mass is 32.2. The van der Waals surface area contributed by atoms with E-state index in [4.69, 9.17) is 25.5 Å². The second-order valence-corrected chi connectivity index (χ2v) is 7.32. The first kappa shape index (κ1) is 23.2. The van der Waals surface area contributed by atoms with Gasteiger partial charge in [-0.2, -0.15) is 8.42 Å². The number of nitrogens with two attached hydrogens (primary N) is 2. The van der Waals surface area contributed by atoms with Crippen LogP contribution < -0.4 is 20.9 Å². The largest absolute Gasteiger partial charge is 0.491 e. The molecule has 0 bridgehead atoms. The Morgan fingerprint density at radius 3 is 2.36 bits per heavy atom. The monoisotopic (exact) mass is 411 g/mol. The predicted octanol–water partition coefficient (Wildman–Crippen LogP) is 2.41. The molecule has 1 aromatic carbocycles. The van der Waals surface area contributed by atoms with Crippen LogP contribution in [0.3, 0.4) is 0 Å². The maximum atomic E-state index is 11.0.